The summed E-state index contributed by atoms with van der Waals surface area (Å²) in [5.74, 6) is -0.977. The number of nitrogens with one attached hydrogen (secondary N) is 3. The second-order valence-electron chi connectivity index (χ2n) is 4.77. The third-order valence-electron chi connectivity index (χ3n) is 2.88. The second kappa shape index (κ2) is 7.33. The topological polar surface area (TPSA) is 104 Å². The average Bonchev–Trinajstić information content (AvgIpc) is 2.54. The SMILES string of the molecule is CC(=O)NNC(=O)c1ccc(S(=O)(=O)Nc2ccc(Cl)cc2)cc1. The van der Waals surface area contributed by atoms with Crippen LogP contribution < -0.4 is 15.6 Å². The molecule has 3 N–H and O–H groups in total. The number of amides is 2. The van der Waals surface area contributed by atoms with Gasteiger partial charge >= 0.3 is 0 Å². The van der Waals surface area contributed by atoms with E-state index in [9.17, 15) is 18.0 Å². The van der Waals surface area contributed by atoms with Crippen LogP contribution in [0, 0.1) is 0 Å². The van der Waals surface area contributed by atoms with E-state index in [-0.39, 0.29) is 10.5 Å². The summed E-state index contributed by atoms with van der Waals surface area (Å²) < 4.78 is 27.0. The Morgan fingerprint density at radius 3 is 2.04 bits per heavy atom. The van der Waals surface area contributed by atoms with Gasteiger partial charge in [-0.25, -0.2) is 8.42 Å². The zero-order chi connectivity index (χ0) is 17.7. The van der Waals surface area contributed by atoms with Gasteiger partial charge in [0.2, 0.25) is 5.91 Å². The van der Waals surface area contributed by atoms with Gasteiger partial charge in [-0.3, -0.25) is 25.2 Å². The Bertz CT molecular complexity index is 849. The van der Waals surface area contributed by atoms with Crippen molar-refractivity contribution in [3.05, 3.63) is 59.1 Å². The molecule has 2 rings (SSSR count). The summed E-state index contributed by atoms with van der Waals surface area (Å²) in [5.41, 5.74) is 4.90. The van der Waals surface area contributed by atoms with Crippen LogP contribution >= 0.6 is 11.6 Å². The molecular weight excluding hydrogens is 354 g/mol. The molecule has 0 heterocycles. The Balaban J connectivity index is 2.12. The first-order valence-electron chi connectivity index (χ1n) is 6.73. The maximum atomic E-state index is 12.3. The minimum atomic E-state index is -3.79. The van der Waals surface area contributed by atoms with Crippen LogP contribution in [0.15, 0.2) is 53.4 Å². The summed E-state index contributed by atoms with van der Waals surface area (Å²) in [6.45, 7) is 1.25. The highest BCUT2D eigenvalue weighted by atomic mass is 35.5. The standard InChI is InChI=1S/C15H14ClN3O4S/c1-10(20)17-18-15(21)11-2-8-14(9-3-11)24(22,23)19-13-6-4-12(16)5-7-13/h2-9,19H,1H3,(H,17,20)(H,18,21). The minimum absolute atomic E-state index is 0.00599. The first kappa shape index (κ1) is 17.8. The van der Waals surface area contributed by atoms with E-state index >= 15 is 0 Å². The van der Waals surface area contributed by atoms with Gasteiger partial charge in [-0.2, -0.15) is 0 Å². The summed E-state index contributed by atoms with van der Waals surface area (Å²) in [5, 5.41) is 0.493. The maximum Gasteiger partial charge on any atom is 0.269 e. The van der Waals surface area contributed by atoms with E-state index < -0.39 is 21.8 Å². The molecule has 9 heteroatoms. The molecule has 0 unspecified atom stereocenters. The molecule has 0 saturated heterocycles. The van der Waals surface area contributed by atoms with Crippen LogP contribution in [-0.2, 0) is 14.8 Å². The zero-order valence-corrected chi connectivity index (χ0v) is 14.1. The summed E-state index contributed by atoms with van der Waals surface area (Å²) in [6.07, 6.45) is 0. The van der Waals surface area contributed by atoms with Gasteiger partial charge in [0.1, 0.15) is 0 Å². The van der Waals surface area contributed by atoms with Crippen molar-refractivity contribution in [1.29, 1.82) is 0 Å². The zero-order valence-electron chi connectivity index (χ0n) is 12.5. The third kappa shape index (κ3) is 4.71. The molecule has 2 aromatic carbocycles. The summed E-state index contributed by atoms with van der Waals surface area (Å²) >= 11 is 5.75. The molecule has 0 aliphatic rings. The predicted molar refractivity (Wildman–Crippen MR) is 90.0 cm³/mol. The third-order valence-corrected chi connectivity index (χ3v) is 4.52. The lowest BCUT2D eigenvalue weighted by atomic mass is 10.2. The number of sulfonamides is 1. The molecule has 0 saturated carbocycles. The summed E-state index contributed by atoms with van der Waals surface area (Å²) in [6, 6.07) is 11.5. The molecule has 2 aromatic rings. The Morgan fingerprint density at radius 1 is 0.917 bits per heavy atom. The molecular formula is C15H14ClN3O4S. The van der Waals surface area contributed by atoms with Gasteiger partial charge in [0.25, 0.3) is 15.9 Å². The van der Waals surface area contributed by atoms with Gasteiger partial charge in [0.05, 0.1) is 4.90 Å². The average molecular weight is 368 g/mol. The van der Waals surface area contributed by atoms with Crippen LogP contribution in [0.3, 0.4) is 0 Å². The molecule has 0 aromatic heterocycles. The van der Waals surface area contributed by atoms with Gasteiger partial charge < -0.3 is 0 Å². The van der Waals surface area contributed by atoms with Crippen LogP contribution in [0.5, 0.6) is 0 Å². The Labute approximate surface area is 144 Å². The molecule has 0 fully saturated rings. The van der Waals surface area contributed by atoms with Crippen LogP contribution in [0.4, 0.5) is 5.69 Å². The number of halogens is 1. The van der Waals surface area contributed by atoms with Gasteiger partial charge in [0.15, 0.2) is 0 Å². The monoisotopic (exact) mass is 367 g/mol. The van der Waals surface area contributed by atoms with E-state index in [0.29, 0.717) is 10.7 Å². The van der Waals surface area contributed by atoms with Crippen LogP contribution in [0.1, 0.15) is 17.3 Å². The van der Waals surface area contributed by atoms with Crippen molar-refractivity contribution in [3.8, 4) is 0 Å². The fourth-order valence-electron chi connectivity index (χ4n) is 1.73. The molecule has 0 aliphatic heterocycles. The number of hydrazine groups is 1. The highest BCUT2D eigenvalue weighted by Gasteiger charge is 2.15. The predicted octanol–water partition coefficient (Wildman–Crippen LogP) is 1.92. The van der Waals surface area contributed by atoms with Crippen molar-refractivity contribution < 1.29 is 18.0 Å². The van der Waals surface area contributed by atoms with E-state index in [1.54, 1.807) is 12.1 Å². The minimum Gasteiger partial charge on any atom is -0.280 e. The van der Waals surface area contributed by atoms with Crippen molar-refractivity contribution >= 4 is 39.1 Å². The molecule has 0 radical (unpaired) electrons. The van der Waals surface area contributed by atoms with Crippen molar-refractivity contribution in [2.45, 2.75) is 11.8 Å². The van der Waals surface area contributed by atoms with E-state index in [0.717, 1.165) is 0 Å². The normalized spacial score (nSPS) is 10.8. The molecule has 24 heavy (non-hydrogen) atoms. The van der Waals surface area contributed by atoms with E-state index in [1.807, 2.05) is 0 Å². The Kier molecular flexibility index (Phi) is 5.42. The molecule has 2 amide bonds. The Hall–Kier alpha value is -2.58. The number of hydrogen-bond donors (Lipinski definition) is 3. The molecule has 126 valence electrons. The number of benzene rings is 2. The molecule has 7 nitrogen and oxygen atoms in total. The van der Waals surface area contributed by atoms with Crippen molar-refractivity contribution in [2.24, 2.45) is 0 Å². The number of anilines is 1. The number of hydrogen-bond acceptors (Lipinski definition) is 4. The van der Waals surface area contributed by atoms with Gasteiger partial charge in [0, 0.05) is 23.2 Å². The lowest BCUT2D eigenvalue weighted by Crippen LogP contribution is -2.40. The number of carbonyl (C=O) groups excluding carboxylic acids is 2. The van der Waals surface area contributed by atoms with Crippen LogP contribution in [0.2, 0.25) is 5.02 Å². The molecule has 0 spiro atoms. The van der Waals surface area contributed by atoms with Gasteiger partial charge in [-0.1, -0.05) is 11.6 Å². The Morgan fingerprint density at radius 2 is 1.50 bits per heavy atom. The van der Waals surface area contributed by atoms with Gasteiger partial charge in [-0.15, -0.1) is 0 Å². The smallest absolute Gasteiger partial charge is 0.269 e. The highest BCUT2D eigenvalue weighted by molar-refractivity contribution is 7.92. The van der Waals surface area contributed by atoms with E-state index in [1.165, 1.54) is 43.3 Å². The lowest BCUT2D eigenvalue weighted by Gasteiger charge is -2.09. The summed E-state index contributed by atoms with van der Waals surface area (Å²) in [7, 11) is -3.79. The van der Waals surface area contributed by atoms with Crippen molar-refractivity contribution in [3.63, 3.8) is 0 Å². The molecule has 0 aliphatic carbocycles. The van der Waals surface area contributed by atoms with Gasteiger partial charge in [-0.05, 0) is 48.5 Å². The van der Waals surface area contributed by atoms with Crippen molar-refractivity contribution in [1.82, 2.24) is 10.9 Å². The fourth-order valence-corrected chi connectivity index (χ4v) is 2.92. The quantitative estimate of drug-likeness (QED) is 0.718. The van der Waals surface area contributed by atoms with E-state index in [2.05, 4.69) is 15.6 Å². The lowest BCUT2D eigenvalue weighted by molar-refractivity contribution is -0.119. The second-order valence-corrected chi connectivity index (χ2v) is 6.89. The fraction of sp³-hybridized carbons (Fsp3) is 0.0667. The van der Waals surface area contributed by atoms with Crippen LogP contribution in [0.25, 0.3) is 0 Å². The first-order chi connectivity index (χ1) is 11.3. The first-order valence-corrected chi connectivity index (χ1v) is 8.59. The van der Waals surface area contributed by atoms with Crippen LogP contribution in [-0.4, -0.2) is 20.2 Å². The largest absolute Gasteiger partial charge is 0.280 e. The maximum absolute atomic E-state index is 12.3. The molecule has 0 atom stereocenters. The summed E-state index contributed by atoms with van der Waals surface area (Å²) in [4.78, 5) is 22.5. The van der Waals surface area contributed by atoms with Crippen molar-refractivity contribution in [2.75, 3.05) is 4.72 Å². The van der Waals surface area contributed by atoms with E-state index in [4.69, 9.17) is 11.6 Å². The number of carbonyl (C=O) groups is 2. The number of rotatable bonds is 4. The highest BCUT2D eigenvalue weighted by Crippen LogP contribution is 2.18. The molecule has 0 bridgehead atoms.